The Hall–Kier alpha value is -1.39. The van der Waals surface area contributed by atoms with Crippen molar-refractivity contribution in [3.8, 4) is 0 Å². The van der Waals surface area contributed by atoms with E-state index in [0.29, 0.717) is 5.02 Å². The maximum Gasteiger partial charge on any atom is 0.0896 e. The summed E-state index contributed by atoms with van der Waals surface area (Å²) in [6, 6.07) is 5.30. The summed E-state index contributed by atoms with van der Waals surface area (Å²) in [5.41, 5.74) is 7.95. The number of nitrogens with zero attached hydrogens (tertiary/aromatic N) is 3. The quantitative estimate of drug-likeness (QED) is 0.907. The molecule has 2 N–H and O–H groups in total. The summed E-state index contributed by atoms with van der Waals surface area (Å²) in [6.45, 7) is 2.97. The number of pyridine rings is 1. The Kier molecular flexibility index (Phi) is 3.76. The summed E-state index contributed by atoms with van der Waals surface area (Å²) >= 11 is 5.80. The van der Waals surface area contributed by atoms with Gasteiger partial charge in [0.05, 0.1) is 22.5 Å². The van der Waals surface area contributed by atoms with Crippen LogP contribution in [0, 0.1) is 0 Å². The van der Waals surface area contributed by atoms with Gasteiger partial charge in [0, 0.05) is 18.9 Å². The molecule has 0 fully saturated rings. The molecule has 0 saturated carbocycles. The standard InChI is InChI=1S/C12H15ClN4/c1-2-7-17-11(5-6-16-17)12(14)10-4-3-9(13)8-15-10/h3-6,8,12H,2,7,14H2,1H3. The Morgan fingerprint density at radius 2 is 2.24 bits per heavy atom. The molecule has 0 aromatic carbocycles. The van der Waals surface area contributed by atoms with Gasteiger partial charge in [0.1, 0.15) is 0 Å². The van der Waals surface area contributed by atoms with Crippen LogP contribution >= 0.6 is 11.6 Å². The van der Waals surface area contributed by atoms with Gasteiger partial charge in [-0.05, 0) is 24.6 Å². The molecule has 0 amide bonds. The van der Waals surface area contributed by atoms with E-state index < -0.39 is 0 Å². The second kappa shape index (κ2) is 5.29. The Bertz CT molecular complexity index is 478. The van der Waals surface area contributed by atoms with Crippen LogP contribution in [-0.4, -0.2) is 14.8 Å². The molecule has 5 heteroatoms. The van der Waals surface area contributed by atoms with E-state index in [1.165, 1.54) is 0 Å². The summed E-state index contributed by atoms with van der Waals surface area (Å²) in [7, 11) is 0. The third-order valence-electron chi connectivity index (χ3n) is 2.57. The van der Waals surface area contributed by atoms with Crippen LogP contribution in [-0.2, 0) is 6.54 Å². The van der Waals surface area contributed by atoms with Gasteiger partial charge in [0.15, 0.2) is 0 Å². The number of halogens is 1. The predicted molar refractivity (Wildman–Crippen MR) is 67.8 cm³/mol. The lowest BCUT2D eigenvalue weighted by Gasteiger charge is -2.13. The van der Waals surface area contributed by atoms with Gasteiger partial charge < -0.3 is 5.73 Å². The molecule has 0 bridgehead atoms. The SMILES string of the molecule is CCCn1nccc1C(N)c1ccc(Cl)cn1. The van der Waals surface area contributed by atoms with E-state index in [-0.39, 0.29) is 6.04 Å². The average Bonchev–Trinajstić information content (AvgIpc) is 2.78. The molecule has 0 saturated heterocycles. The lowest BCUT2D eigenvalue weighted by Crippen LogP contribution is -2.18. The monoisotopic (exact) mass is 250 g/mol. The first-order valence-electron chi connectivity index (χ1n) is 5.61. The number of aromatic nitrogens is 3. The molecule has 2 aromatic heterocycles. The van der Waals surface area contributed by atoms with Crippen LogP contribution < -0.4 is 5.73 Å². The molecular formula is C12H15ClN4. The van der Waals surface area contributed by atoms with Crippen molar-refractivity contribution in [2.45, 2.75) is 25.9 Å². The molecule has 0 aliphatic rings. The highest BCUT2D eigenvalue weighted by atomic mass is 35.5. The zero-order chi connectivity index (χ0) is 12.3. The van der Waals surface area contributed by atoms with E-state index in [1.807, 2.05) is 16.8 Å². The van der Waals surface area contributed by atoms with Crippen LogP contribution in [0.4, 0.5) is 0 Å². The summed E-state index contributed by atoms with van der Waals surface area (Å²) in [5.74, 6) is 0. The summed E-state index contributed by atoms with van der Waals surface area (Å²) < 4.78 is 1.92. The minimum atomic E-state index is -0.263. The van der Waals surface area contributed by atoms with Gasteiger partial charge in [-0.3, -0.25) is 9.67 Å². The molecule has 1 atom stereocenters. The Morgan fingerprint density at radius 1 is 1.41 bits per heavy atom. The fourth-order valence-corrected chi connectivity index (χ4v) is 1.84. The van der Waals surface area contributed by atoms with Gasteiger partial charge >= 0.3 is 0 Å². The molecular weight excluding hydrogens is 236 g/mol. The smallest absolute Gasteiger partial charge is 0.0896 e. The molecule has 4 nitrogen and oxygen atoms in total. The minimum Gasteiger partial charge on any atom is -0.318 e. The van der Waals surface area contributed by atoms with Crippen molar-refractivity contribution in [2.24, 2.45) is 5.73 Å². The van der Waals surface area contributed by atoms with E-state index in [2.05, 4.69) is 17.0 Å². The van der Waals surface area contributed by atoms with Gasteiger partial charge in [-0.25, -0.2) is 0 Å². The Balaban J connectivity index is 2.26. The van der Waals surface area contributed by atoms with Crippen LogP contribution in [0.1, 0.15) is 30.8 Å². The highest BCUT2D eigenvalue weighted by Crippen LogP contribution is 2.18. The first-order chi connectivity index (χ1) is 8.22. The van der Waals surface area contributed by atoms with Crippen LogP contribution in [0.3, 0.4) is 0 Å². The van der Waals surface area contributed by atoms with Gasteiger partial charge in [0.2, 0.25) is 0 Å². The van der Waals surface area contributed by atoms with Crippen molar-refractivity contribution in [3.63, 3.8) is 0 Å². The Morgan fingerprint density at radius 3 is 2.88 bits per heavy atom. The molecule has 17 heavy (non-hydrogen) atoms. The lowest BCUT2D eigenvalue weighted by atomic mass is 10.1. The fourth-order valence-electron chi connectivity index (χ4n) is 1.73. The average molecular weight is 251 g/mol. The zero-order valence-electron chi connectivity index (χ0n) is 9.68. The van der Waals surface area contributed by atoms with Crippen LogP contribution in [0.25, 0.3) is 0 Å². The van der Waals surface area contributed by atoms with E-state index in [4.69, 9.17) is 17.3 Å². The first-order valence-corrected chi connectivity index (χ1v) is 5.99. The Labute approximate surface area is 105 Å². The maximum atomic E-state index is 6.18. The van der Waals surface area contributed by atoms with Crippen molar-refractivity contribution in [3.05, 3.63) is 47.0 Å². The van der Waals surface area contributed by atoms with Gasteiger partial charge in [-0.1, -0.05) is 18.5 Å². The van der Waals surface area contributed by atoms with Crippen LogP contribution in [0.5, 0.6) is 0 Å². The van der Waals surface area contributed by atoms with Crippen molar-refractivity contribution >= 4 is 11.6 Å². The third kappa shape index (κ3) is 2.65. The number of nitrogens with two attached hydrogens (primary N) is 1. The summed E-state index contributed by atoms with van der Waals surface area (Å²) in [5, 5.41) is 4.87. The predicted octanol–water partition coefficient (Wildman–Crippen LogP) is 2.39. The van der Waals surface area contributed by atoms with Crippen molar-refractivity contribution in [2.75, 3.05) is 0 Å². The molecule has 1 unspecified atom stereocenters. The number of rotatable bonds is 4. The fraction of sp³-hybridized carbons (Fsp3) is 0.333. The largest absolute Gasteiger partial charge is 0.318 e. The van der Waals surface area contributed by atoms with Gasteiger partial charge in [-0.15, -0.1) is 0 Å². The molecule has 0 aliphatic carbocycles. The second-order valence-corrected chi connectivity index (χ2v) is 4.29. The molecule has 0 radical (unpaired) electrons. The van der Waals surface area contributed by atoms with E-state index in [0.717, 1.165) is 24.4 Å². The maximum absolute atomic E-state index is 6.18. The van der Waals surface area contributed by atoms with Crippen LogP contribution in [0.15, 0.2) is 30.6 Å². The van der Waals surface area contributed by atoms with Gasteiger partial charge in [0.25, 0.3) is 0 Å². The molecule has 2 aromatic rings. The van der Waals surface area contributed by atoms with Crippen LogP contribution in [0.2, 0.25) is 5.02 Å². The third-order valence-corrected chi connectivity index (χ3v) is 2.80. The zero-order valence-corrected chi connectivity index (χ0v) is 10.4. The highest BCUT2D eigenvalue weighted by Gasteiger charge is 2.14. The number of aryl methyl sites for hydroxylation is 1. The van der Waals surface area contributed by atoms with Gasteiger partial charge in [-0.2, -0.15) is 5.10 Å². The molecule has 2 heterocycles. The highest BCUT2D eigenvalue weighted by molar-refractivity contribution is 6.30. The van der Waals surface area contributed by atoms with E-state index in [1.54, 1.807) is 18.5 Å². The number of hydrogen-bond acceptors (Lipinski definition) is 3. The van der Waals surface area contributed by atoms with Crippen molar-refractivity contribution < 1.29 is 0 Å². The molecule has 90 valence electrons. The van der Waals surface area contributed by atoms with Crippen molar-refractivity contribution in [1.82, 2.24) is 14.8 Å². The summed E-state index contributed by atoms with van der Waals surface area (Å²) in [4.78, 5) is 4.24. The normalized spacial score (nSPS) is 12.6. The van der Waals surface area contributed by atoms with Crippen molar-refractivity contribution in [1.29, 1.82) is 0 Å². The molecule has 0 aliphatic heterocycles. The van der Waals surface area contributed by atoms with E-state index >= 15 is 0 Å². The lowest BCUT2D eigenvalue weighted by molar-refractivity contribution is 0.557. The summed E-state index contributed by atoms with van der Waals surface area (Å²) in [6.07, 6.45) is 4.40. The van der Waals surface area contributed by atoms with E-state index in [9.17, 15) is 0 Å². The first kappa shape index (κ1) is 12.1. The topological polar surface area (TPSA) is 56.7 Å². The minimum absolute atomic E-state index is 0.263. The molecule has 2 rings (SSSR count). The number of hydrogen-bond donors (Lipinski definition) is 1. The second-order valence-electron chi connectivity index (χ2n) is 3.86. The molecule has 0 spiro atoms.